The van der Waals surface area contributed by atoms with Crippen LogP contribution in [-0.4, -0.2) is 30.1 Å². The summed E-state index contributed by atoms with van der Waals surface area (Å²) in [6, 6.07) is 0. The van der Waals surface area contributed by atoms with E-state index in [0.29, 0.717) is 0 Å². The lowest BCUT2D eigenvalue weighted by Gasteiger charge is -2.16. The van der Waals surface area contributed by atoms with Crippen LogP contribution in [0.15, 0.2) is 12.4 Å². The number of aromatic nitrogens is 2. The third-order valence-electron chi connectivity index (χ3n) is 2.84. The van der Waals surface area contributed by atoms with E-state index in [4.69, 9.17) is 0 Å². The van der Waals surface area contributed by atoms with Crippen LogP contribution in [0, 0.1) is 5.92 Å². The molecule has 1 aliphatic carbocycles. The summed E-state index contributed by atoms with van der Waals surface area (Å²) in [5, 5.41) is 3.26. The summed E-state index contributed by atoms with van der Waals surface area (Å²) in [6.07, 6.45) is 6.55. The highest BCUT2D eigenvalue weighted by Crippen LogP contribution is 2.29. The number of rotatable bonds is 6. The molecule has 1 aliphatic rings. The Morgan fingerprint density at radius 3 is 2.62 bits per heavy atom. The van der Waals surface area contributed by atoms with Gasteiger partial charge in [-0.15, -0.1) is 0 Å². The molecule has 0 amide bonds. The van der Waals surface area contributed by atoms with Gasteiger partial charge in [0.05, 0.1) is 0 Å². The Balaban J connectivity index is 1.89. The van der Waals surface area contributed by atoms with Gasteiger partial charge in [0.15, 0.2) is 0 Å². The summed E-state index contributed by atoms with van der Waals surface area (Å²) in [5.41, 5.74) is 1.14. The summed E-state index contributed by atoms with van der Waals surface area (Å²) in [6.45, 7) is 5.01. The molecule has 0 unspecified atom stereocenters. The van der Waals surface area contributed by atoms with E-state index in [1.54, 1.807) is 0 Å². The average Bonchev–Trinajstić information content (AvgIpc) is 3.11. The minimum atomic E-state index is 0.840. The Bertz CT molecular complexity index is 318. The van der Waals surface area contributed by atoms with Crippen molar-refractivity contribution in [2.45, 2.75) is 26.3 Å². The first kappa shape index (κ1) is 11.3. The van der Waals surface area contributed by atoms with Crippen molar-refractivity contribution in [1.29, 1.82) is 0 Å². The van der Waals surface area contributed by atoms with E-state index >= 15 is 0 Å². The van der Waals surface area contributed by atoms with Crippen molar-refractivity contribution in [1.82, 2.24) is 15.3 Å². The van der Waals surface area contributed by atoms with Crippen molar-refractivity contribution in [2.24, 2.45) is 5.92 Å². The Morgan fingerprint density at radius 2 is 2.06 bits per heavy atom. The monoisotopic (exact) mass is 220 g/mol. The maximum Gasteiger partial charge on any atom is 0.225 e. The summed E-state index contributed by atoms with van der Waals surface area (Å²) in [4.78, 5) is 10.9. The number of nitrogens with one attached hydrogen (secondary N) is 1. The van der Waals surface area contributed by atoms with Gasteiger partial charge in [0, 0.05) is 38.1 Å². The van der Waals surface area contributed by atoms with E-state index in [0.717, 1.165) is 37.1 Å². The summed E-state index contributed by atoms with van der Waals surface area (Å²) >= 11 is 0. The van der Waals surface area contributed by atoms with Gasteiger partial charge in [0.2, 0.25) is 5.95 Å². The molecule has 0 spiro atoms. The second kappa shape index (κ2) is 5.25. The number of hydrogen-bond acceptors (Lipinski definition) is 4. The highest BCUT2D eigenvalue weighted by molar-refractivity contribution is 5.28. The molecular weight excluding hydrogens is 200 g/mol. The van der Waals surface area contributed by atoms with E-state index in [9.17, 15) is 0 Å². The molecule has 1 aromatic rings. The van der Waals surface area contributed by atoms with Crippen LogP contribution in [0.4, 0.5) is 5.95 Å². The molecule has 0 bridgehead atoms. The molecule has 0 aromatic carbocycles. The molecule has 0 radical (unpaired) electrons. The number of nitrogens with zero attached hydrogens (tertiary/aromatic N) is 3. The van der Waals surface area contributed by atoms with Gasteiger partial charge in [0.1, 0.15) is 0 Å². The molecule has 1 heterocycles. The fourth-order valence-corrected chi connectivity index (χ4v) is 1.68. The molecule has 4 heteroatoms. The van der Waals surface area contributed by atoms with Gasteiger partial charge in [-0.2, -0.15) is 0 Å². The van der Waals surface area contributed by atoms with Gasteiger partial charge in [0.25, 0.3) is 0 Å². The van der Waals surface area contributed by atoms with Crippen LogP contribution >= 0.6 is 0 Å². The minimum absolute atomic E-state index is 0.840. The molecule has 0 atom stereocenters. The quantitative estimate of drug-likeness (QED) is 0.787. The van der Waals surface area contributed by atoms with Crippen molar-refractivity contribution in [2.75, 3.05) is 25.0 Å². The fourth-order valence-electron chi connectivity index (χ4n) is 1.68. The van der Waals surface area contributed by atoms with Gasteiger partial charge in [-0.3, -0.25) is 0 Å². The number of hydrogen-bond donors (Lipinski definition) is 1. The molecule has 1 fully saturated rings. The molecule has 1 aromatic heterocycles. The largest absolute Gasteiger partial charge is 0.344 e. The lowest BCUT2D eigenvalue weighted by atomic mass is 10.3. The molecule has 88 valence electrons. The second-order valence-electron chi connectivity index (χ2n) is 4.50. The topological polar surface area (TPSA) is 41.1 Å². The Labute approximate surface area is 97.1 Å². The highest BCUT2D eigenvalue weighted by Gasteiger charge is 2.23. The van der Waals surface area contributed by atoms with Gasteiger partial charge >= 0.3 is 0 Å². The second-order valence-corrected chi connectivity index (χ2v) is 4.50. The third kappa shape index (κ3) is 3.17. The average molecular weight is 220 g/mol. The zero-order valence-electron chi connectivity index (χ0n) is 10.1. The predicted octanol–water partition coefficient (Wildman–Crippen LogP) is 1.43. The first-order chi connectivity index (χ1) is 7.79. The smallest absolute Gasteiger partial charge is 0.225 e. The Morgan fingerprint density at radius 1 is 1.38 bits per heavy atom. The van der Waals surface area contributed by atoms with E-state index in [-0.39, 0.29) is 0 Å². The first-order valence-electron chi connectivity index (χ1n) is 6.02. The van der Waals surface area contributed by atoms with Gasteiger partial charge in [-0.1, -0.05) is 6.92 Å². The Hall–Kier alpha value is -1.16. The molecule has 0 saturated heterocycles. The maximum absolute atomic E-state index is 4.39. The standard InChI is InChI=1S/C12H20N4/c1-3-13-6-11-7-14-12(15-8-11)16(2)9-10-4-5-10/h7-8,10,13H,3-6,9H2,1-2H3. The molecule has 1 saturated carbocycles. The van der Waals surface area contributed by atoms with Crippen LogP contribution in [0.25, 0.3) is 0 Å². The normalized spacial score (nSPS) is 15.1. The molecule has 4 nitrogen and oxygen atoms in total. The predicted molar refractivity (Wildman–Crippen MR) is 65.4 cm³/mol. The summed E-state index contributed by atoms with van der Waals surface area (Å²) < 4.78 is 0. The van der Waals surface area contributed by atoms with E-state index < -0.39 is 0 Å². The third-order valence-corrected chi connectivity index (χ3v) is 2.84. The zero-order chi connectivity index (χ0) is 11.4. The molecule has 0 aliphatic heterocycles. The van der Waals surface area contributed by atoms with Crippen LogP contribution in [0.3, 0.4) is 0 Å². The van der Waals surface area contributed by atoms with Crippen molar-refractivity contribution >= 4 is 5.95 Å². The minimum Gasteiger partial charge on any atom is -0.344 e. The fraction of sp³-hybridized carbons (Fsp3) is 0.667. The first-order valence-corrected chi connectivity index (χ1v) is 6.02. The van der Waals surface area contributed by atoms with Gasteiger partial charge < -0.3 is 10.2 Å². The van der Waals surface area contributed by atoms with Gasteiger partial charge in [-0.25, -0.2) is 9.97 Å². The Kier molecular flexibility index (Phi) is 3.72. The van der Waals surface area contributed by atoms with Gasteiger partial charge in [-0.05, 0) is 25.3 Å². The van der Waals surface area contributed by atoms with Crippen LogP contribution in [-0.2, 0) is 6.54 Å². The van der Waals surface area contributed by atoms with E-state index in [2.05, 4.69) is 34.2 Å². The van der Waals surface area contributed by atoms with Crippen LogP contribution < -0.4 is 10.2 Å². The highest BCUT2D eigenvalue weighted by atomic mass is 15.2. The van der Waals surface area contributed by atoms with Crippen molar-refractivity contribution < 1.29 is 0 Å². The number of anilines is 1. The summed E-state index contributed by atoms with van der Waals surface area (Å²) in [5.74, 6) is 1.71. The van der Waals surface area contributed by atoms with Crippen molar-refractivity contribution in [3.05, 3.63) is 18.0 Å². The van der Waals surface area contributed by atoms with E-state index in [1.165, 1.54) is 12.8 Å². The van der Waals surface area contributed by atoms with E-state index in [1.807, 2.05) is 12.4 Å². The summed E-state index contributed by atoms with van der Waals surface area (Å²) in [7, 11) is 2.07. The molecule has 16 heavy (non-hydrogen) atoms. The SMILES string of the molecule is CCNCc1cnc(N(C)CC2CC2)nc1. The van der Waals surface area contributed by atoms with Crippen molar-refractivity contribution in [3.8, 4) is 0 Å². The molecule has 2 rings (SSSR count). The van der Waals surface area contributed by atoms with Crippen LogP contribution in [0.2, 0.25) is 0 Å². The van der Waals surface area contributed by atoms with Crippen LogP contribution in [0.1, 0.15) is 25.3 Å². The van der Waals surface area contributed by atoms with Crippen LogP contribution in [0.5, 0.6) is 0 Å². The lowest BCUT2D eigenvalue weighted by molar-refractivity contribution is 0.716. The zero-order valence-corrected chi connectivity index (χ0v) is 10.1. The molecule has 1 N–H and O–H groups in total. The maximum atomic E-state index is 4.39. The lowest BCUT2D eigenvalue weighted by Crippen LogP contribution is -2.22. The van der Waals surface area contributed by atoms with Crippen molar-refractivity contribution in [3.63, 3.8) is 0 Å². The molecular formula is C12H20N4.